The van der Waals surface area contributed by atoms with E-state index in [1.807, 2.05) is 30.3 Å². The van der Waals surface area contributed by atoms with Gasteiger partial charge in [0.2, 0.25) is 5.58 Å². The van der Waals surface area contributed by atoms with Crippen molar-refractivity contribution >= 4 is 11.1 Å². The molecule has 3 rings (SSSR count). The molecule has 1 aromatic carbocycles. The van der Waals surface area contributed by atoms with Crippen LogP contribution < -0.4 is 11.3 Å². The lowest BCUT2D eigenvalue weighted by Gasteiger charge is -2.01. The molecule has 18 heavy (non-hydrogen) atoms. The summed E-state index contributed by atoms with van der Waals surface area (Å²) < 4.78 is 6.31. The number of fused-ring (bicyclic) bond motifs is 1. The summed E-state index contributed by atoms with van der Waals surface area (Å²) in [6, 6.07) is 9.45. The third-order valence-corrected chi connectivity index (χ3v) is 2.68. The largest absolute Gasteiger partial charge is 0.420 e. The number of aromatic amines is 1. The number of hydrogen-bond donors (Lipinski definition) is 1. The Hall–Kier alpha value is -2.63. The highest BCUT2D eigenvalue weighted by Crippen LogP contribution is 2.08. The summed E-state index contributed by atoms with van der Waals surface area (Å²) in [6.45, 7) is 0.345. The first-order valence-electron chi connectivity index (χ1n) is 5.36. The van der Waals surface area contributed by atoms with Crippen molar-refractivity contribution in [3.63, 3.8) is 0 Å². The number of aromatic nitrogens is 3. The van der Waals surface area contributed by atoms with Gasteiger partial charge in [-0.3, -0.25) is 9.36 Å². The molecule has 0 unspecified atom stereocenters. The highest BCUT2D eigenvalue weighted by molar-refractivity contribution is 5.70. The molecule has 6 heteroatoms. The number of oxazole rings is 1. The lowest BCUT2D eigenvalue weighted by atomic mass is 10.2. The van der Waals surface area contributed by atoms with Crippen molar-refractivity contribution in [1.82, 2.24) is 14.8 Å². The van der Waals surface area contributed by atoms with Gasteiger partial charge in [0.25, 0.3) is 0 Å². The van der Waals surface area contributed by atoms with Crippen LogP contribution in [0.2, 0.25) is 0 Å². The summed E-state index contributed by atoms with van der Waals surface area (Å²) in [5, 5.41) is 5.90. The number of rotatable bonds is 2. The van der Waals surface area contributed by atoms with Gasteiger partial charge in [-0.25, -0.2) is 9.89 Å². The van der Waals surface area contributed by atoms with Crippen molar-refractivity contribution < 1.29 is 4.42 Å². The third-order valence-electron chi connectivity index (χ3n) is 2.68. The summed E-state index contributed by atoms with van der Waals surface area (Å²) in [4.78, 5) is 23.1. The minimum absolute atomic E-state index is 0.00549. The molecule has 6 nitrogen and oxygen atoms in total. The molecule has 0 atom stereocenters. The normalized spacial score (nSPS) is 10.9. The standard InChI is InChI=1S/C12H9N3O3/c16-11-10-9(6-13-14-11)15(12(17)18-10)7-8-4-2-1-3-5-8/h1-6H,7H2,(H,14,16). The minimum atomic E-state index is -0.563. The van der Waals surface area contributed by atoms with E-state index in [2.05, 4.69) is 10.2 Å². The second-order valence-electron chi connectivity index (χ2n) is 3.85. The van der Waals surface area contributed by atoms with Crippen molar-refractivity contribution in [2.24, 2.45) is 0 Å². The molecule has 3 aromatic rings. The number of H-pyrrole nitrogens is 1. The van der Waals surface area contributed by atoms with Gasteiger partial charge in [0.05, 0.1) is 12.7 Å². The molecule has 0 fully saturated rings. The first kappa shape index (κ1) is 10.5. The molecule has 0 amide bonds. The Morgan fingerprint density at radius 2 is 2.00 bits per heavy atom. The number of hydrogen-bond acceptors (Lipinski definition) is 4. The molecule has 0 saturated heterocycles. The van der Waals surface area contributed by atoms with Crippen LogP contribution >= 0.6 is 0 Å². The molecule has 0 saturated carbocycles. The van der Waals surface area contributed by atoms with Crippen molar-refractivity contribution in [1.29, 1.82) is 0 Å². The van der Waals surface area contributed by atoms with Crippen LogP contribution in [-0.4, -0.2) is 14.8 Å². The highest BCUT2D eigenvalue weighted by Gasteiger charge is 2.12. The van der Waals surface area contributed by atoms with Crippen molar-refractivity contribution in [3.05, 3.63) is 63.0 Å². The van der Waals surface area contributed by atoms with Gasteiger partial charge in [-0.05, 0) is 5.56 Å². The van der Waals surface area contributed by atoms with Gasteiger partial charge in [0, 0.05) is 0 Å². The smallest absolute Gasteiger partial charge is 0.402 e. The second-order valence-corrected chi connectivity index (χ2v) is 3.85. The SMILES string of the molecule is O=c1[nH]ncc2c1oc(=O)n2Cc1ccccc1. The maximum absolute atomic E-state index is 11.7. The zero-order valence-electron chi connectivity index (χ0n) is 9.29. The van der Waals surface area contributed by atoms with Gasteiger partial charge in [-0.15, -0.1) is 0 Å². The van der Waals surface area contributed by atoms with E-state index in [4.69, 9.17) is 4.42 Å². The van der Waals surface area contributed by atoms with Gasteiger partial charge < -0.3 is 4.42 Å². The fraction of sp³-hybridized carbons (Fsp3) is 0.0833. The molecule has 2 aromatic heterocycles. The maximum atomic E-state index is 11.7. The fourth-order valence-corrected chi connectivity index (χ4v) is 1.83. The van der Waals surface area contributed by atoms with Gasteiger partial charge in [0.1, 0.15) is 5.52 Å². The average molecular weight is 243 g/mol. The summed E-state index contributed by atoms with van der Waals surface area (Å²) in [7, 11) is 0. The van der Waals surface area contributed by atoms with Crippen LogP contribution in [0.25, 0.3) is 11.1 Å². The predicted octanol–water partition coefficient (Wildman–Crippen LogP) is 0.726. The molecule has 2 heterocycles. The first-order valence-corrected chi connectivity index (χ1v) is 5.36. The van der Waals surface area contributed by atoms with Gasteiger partial charge in [0.15, 0.2) is 0 Å². The molecule has 0 aliphatic heterocycles. The second kappa shape index (κ2) is 3.99. The van der Waals surface area contributed by atoms with E-state index in [-0.39, 0.29) is 5.58 Å². The fourth-order valence-electron chi connectivity index (χ4n) is 1.83. The van der Waals surface area contributed by atoms with Crippen LogP contribution in [0.3, 0.4) is 0 Å². The number of nitrogens with zero attached hydrogens (tertiary/aromatic N) is 2. The van der Waals surface area contributed by atoms with Gasteiger partial charge in [-0.2, -0.15) is 5.10 Å². The summed E-state index contributed by atoms with van der Waals surface area (Å²) >= 11 is 0. The molecule has 0 bridgehead atoms. The molecule has 0 aliphatic rings. The van der Waals surface area contributed by atoms with E-state index in [0.29, 0.717) is 12.1 Å². The van der Waals surface area contributed by atoms with Crippen LogP contribution in [0, 0.1) is 0 Å². The molecule has 0 spiro atoms. The highest BCUT2D eigenvalue weighted by atomic mass is 16.4. The van der Waals surface area contributed by atoms with Crippen LogP contribution in [0.15, 0.2) is 50.5 Å². The van der Waals surface area contributed by atoms with Gasteiger partial charge >= 0.3 is 11.3 Å². The van der Waals surface area contributed by atoms with E-state index in [0.717, 1.165) is 5.56 Å². The predicted molar refractivity (Wildman–Crippen MR) is 64.4 cm³/mol. The Morgan fingerprint density at radius 3 is 2.78 bits per heavy atom. The Kier molecular flexibility index (Phi) is 2.33. The third kappa shape index (κ3) is 1.64. The van der Waals surface area contributed by atoms with E-state index in [1.54, 1.807) is 0 Å². The van der Waals surface area contributed by atoms with Crippen LogP contribution in [0.5, 0.6) is 0 Å². The van der Waals surface area contributed by atoms with E-state index >= 15 is 0 Å². The zero-order chi connectivity index (χ0) is 12.5. The van der Waals surface area contributed by atoms with Crippen molar-refractivity contribution in [2.75, 3.05) is 0 Å². The maximum Gasteiger partial charge on any atom is 0.420 e. The first-order chi connectivity index (χ1) is 8.75. The van der Waals surface area contributed by atoms with Gasteiger partial charge in [-0.1, -0.05) is 30.3 Å². The molecule has 0 aliphatic carbocycles. The Labute approximate surface area is 100 Å². The van der Waals surface area contributed by atoms with E-state index in [1.165, 1.54) is 10.8 Å². The molecule has 1 N–H and O–H groups in total. The number of benzene rings is 1. The lowest BCUT2D eigenvalue weighted by molar-refractivity contribution is 0.515. The minimum Gasteiger partial charge on any atom is -0.402 e. The van der Waals surface area contributed by atoms with Crippen molar-refractivity contribution in [3.8, 4) is 0 Å². The lowest BCUT2D eigenvalue weighted by Crippen LogP contribution is -2.15. The zero-order valence-corrected chi connectivity index (χ0v) is 9.29. The summed E-state index contributed by atoms with van der Waals surface area (Å²) in [5.74, 6) is -0.563. The average Bonchev–Trinajstić information content (AvgIpc) is 2.70. The van der Waals surface area contributed by atoms with Crippen LogP contribution in [0.4, 0.5) is 0 Å². The quantitative estimate of drug-likeness (QED) is 0.719. The van der Waals surface area contributed by atoms with Crippen LogP contribution in [-0.2, 0) is 6.54 Å². The van der Waals surface area contributed by atoms with Crippen molar-refractivity contribution in [2.45, 2.75) is 6.54 Å². The Morgan fingerprint density at radius 1 is 1.22 bits per heavy atom. The summed E-state index contributed by atoms with van der Waals surface area (Å²) in [5.41, 5.74) is 0.845. The topological polar surface area (TPSA) is 80.9 Å². The molecular formula is C12H9N3O3. The molecule has 0 radical (unpaired) electrons. The van der Waals surface area contributed by atoms with Crippen LogP contribution in [0.1, 0.15) is 5.56 Å². The Balaban J connectivity index is 2.18. The van der Waals surface area contributed by atoms with E-state index in [9.17, 15) is 9.59 Å². The number of nitrogens with one attached hydrogen (secondary N) is 1. The summed E-state index contributed by atoms with van der Waals surface area (Å²) in [6.07, 6.45) is 1.41. The molecular weight excluding hydrogens is 234 g/mol. The Bertz CT molecular complexity index is 799. The molecule has 90 valence electrons. The van der Waals surface area contributed by atoms with E-state index < -0.39 is 11.3 Å². The monoisotopic (exact) mass is 243 g/mol.